The van der Waals surface area contributed by atoms with Crippen LogP contribution in [0.5, 0.6) is 5.75 Å². The summed E-state index contributed by atoms with van der Waals surface area (Å²) in [6, 6.07) is 8.19. The molecule has 4 nitrogen and oxygen atoms in total. The SMILES string of the molecule is CCOc1ccccc1CCNC(=NC)NCC(C)(C)SC.I. The average molecular weight is 451 g/mol. The molecule has 132 valence electrons. The fourth-order valence-corrected chi connectivity index (χ4v) is 2.13. The van der Waals surface area contributed by atoms with Gasteiger partial charge in [-0.05, 0) is 45.1 Å². The lowest BCUT2D eigenvalue weighted by molar-refractivity contribution is 0.336. The molecule has 1 aromatic rings. The largest absolute Gasteiger partial charge is 0.494 e. The molecule has 0 heterocycles. The van der Waals surface area contributed by atoms with Crippen molar-refractivity contribution in [1.29, 1.82) is 0 Å². The first-order chi connectivity index (χ1) is 10.5. The molecule has 0 aliphatic carbocycles. The standard InChI is InChI=1S/C17H29N3OS.HI/c1-6-21-15-10-8-7-9-14(15)11-12-19-16(18-4)20-13-17(2,3)22-5;/h7-10H,6,11-13H2,1-5H3,(H2,18,19,20);1H. The van der Waals surface area contributed by atoms with Crippen LogP contribution in [0.15, 0.2) is 29.3 Å². The Morgan fingerprint density at radius 1 is 1.26 bits per heavy atom. The first-order valence-electron chi connectivity index (χ1n) is 7.72. The lowest BCUT2D eigenvalue weighted by Gasteiger charge is -2.23. The van der Waals surface area contributed by atoms with Crippen molar-refractivity contribution < 1.29 is 4.74 Å². The third-order valence-corrected chi connectivity index (χ3v) is 4.67. The second kappa shape index (κ2) is 11.8. The van der Waals surface area contributed by atoms with E-state index in [1.807, 2.05) is 36.9 Å². The molecule has 0 aliphatic rings. The van der Waals surface area contributed by atoms with E-state index >= 15 is 0 Å². The van der Waals surface area contributed by atoms with Gasteiger partial charge in [0, 0.05) is 24.9 Å². The Labute approximate surface area is 162 Å². The molecule has 0 bridgehead atoms. The fourth-order valence-electron chi connectivity index (χ4n) is 1.91. The summed E-state index contributed by atoms with van der Waals surface area (Å²) in [5.41, 5.74) is 1.22. The summed E-state index contributed by atoms with van der Waals surface area (Å²) in [5.74, 6) is 1.81. The highest BCUT2D eigenvalue weighted by Crippen LogP contribution is 2.19. The van der Waals surface area contributed by atoms with Crippen LogP contribution >= 0.6 is 35.7 Å². The highest BCUT2D eigenvalue weighted by atomic mass is 127. The number of nitrogens with zero attached hydrogens (tertiary/aromatic N) is 1. The van der Waals surface area contributed by atoms with Crippen molar-refractivity contribution in [3.63, 3.8) is 0 Å². The number of thioether (sulfide) groups is 1. The molecule has 0 unspecified atom stereocenters. The molecule has 0 amide bonds. The third-order valence-electron chi connectivity index (χ3n) is 3.42. The smallest absolute Gasteiger partial charge is 0.191 e. The van der Waals surface area contributed by atoms with Gasteiger partial charge in [0.1, 0.15) is 5.75 Å². The number of aliphatic imine (C=N–C) groups is 1. The van der Waals surface area contributed by atoms with Crippen molar-refractivity contribution in [2.75, 3.05) is 33.0 Å². The van der Waals surface area contributed by atoms with Crippen molar-refractivity contribution in [2.24, 2.45) is 4.99 Å². The van der Waals surface area contributed by atoms with E-state index in [1.54, 1.807) is 7.05 Å². The van der Waals surface area contributed by atoms with Gasteiger partial charge in [0.2, 0.25) is 0 Å². The number of rotatable bonds is 8. The monoisotopic (exact) mass is 451 g/mol. The van der Waals surface area contributed by atoms with Crippen LogP contribution < -0.4 is 15.4 Å². The van der Waals surface area contributed by atoms with Crippen LogP contribution in [0.3, 0.4) is 0 Å². The second-order valence-corrected chi connectivity index (χ2v) is 7.12. The van der Waals surface area contributed by atoms with Gasteiger partial charge in [-0.1, -0.05) is 18.2 Å². The van der Waals surface area contributed by atoms with Gasteiger partial charge in [0.15, 0.2) is 5.96 Å². The van der Waals surface area contributed by atoms with Crippen LogP contribution in [0.2, 0.25) is 0 Å². The van der Waals surface area contributed by atoms with Crippen molar-refractivity contribution in [2.45, 2.75) is 31.9 Å². The zero-order chi connectivity index (χ0) is 16.4. The lowest BCUT2D eigenvalue weighted by atomic mass is 10.1. The minimum atomic E-state index is 0. The maximum absolute atomic E-state index is 5.65. The highest BCUT2D eigenvalue weighted by molar-refractivity contribution is 14.0. The predicted octanol–water partition coefficient (Wildman–Crippen LogP) is 3.55. The maximum atomic E-state index is 5.65. The molecule has 0 saturated heterocycles. The predicted molar refractivity (Wildman–Crippen MR) is 114 cm³/mol. The molecule has 1 aromatic carbocycles. The molecule has 23 heavy (non-hydrogen) atoms. The zero-order valence-electron chi connectivity index (χ0n) is 14.8. The van der Waals surface area contributed by atoms with Crippen LogP contribution in [-0.2, 0) is 6.42 Å². The number of para-hydroxylation sites is 1. The number of benzene rings is 1. The van der Waals surface area contributed by atoms with Crippen LogP contribution in [0, 0.1) is 0 Å². The Kier molecular flexibility index (Phi) is 11.5. The van der Waals surface area contributed by atoms with Crippen molar-refractivity contribution in [3.8, 4) is 5.75 Å². The van der Waals surface area contributed by atoms with E-state index in [-0.39, 0.29) is 28.7 Å². The quantitative estimate of drug-likeness (QED) is 0.361. The molecule has 6 heteroatoms. The van der Waals surface area contributed by atoms with Gasteiger partial charge in [-0.25, -0.2) is 0 Å². The Balaban J connectivity index is 0.00000484. The van der Waals surface area contributed by atoms with Gasteiger partial charge in [-0.15, -0.1) is 24.0 Å². The number of hydrogen-bond acceptors (Lipinski definition) is 3. The molecule has 2 N–H and O–H groups in total. The average Bonchev–Trinajstić information content (AvgIpc) is 2.52. The summed E-state index contributed by atoms with van der Waals surface area (Å²) in [6.07, 6.45) is 3.03. The molecule has 0 atom stereocenters. The number of hydrogen-bond donors (Lipinski definition) is 2. The van der Waals surface area contributed by atoms with E-state index in [4.69, 9.17) is 4.74 Å². The fraction of sp³-hybridized carbons (Fsp3) is 0.588. The van der Waals surface area contributed by atoms with E-state index < -0.39 is 0 Å². The van der Waals surface area contributed by atoms with E-state index in [0.29, 0.717) is 6.61 Å². The Morgan fingerprint density at radius 3 is 2.57 bits per heavy atom. The van der Waals surface area contributed by atoms with E-state index in [9.17, 15) is 0 Å². The molecule has 0 radical (unpaired) electrons. The lowest BCUT2D eigenvalue weighted by Crippen LogP contribution is -2.43. The Bertz CT molecular complexity index is 481. The number of halogens is 1. The Hall–Kier alpha value is -0.630. The molecular weight excluding hydrogens is 421 g/mol. The normalized spacial score (nSPS) is 11.6. The summed E-state index contributed by atoms with van der Waals surface area (Å²) in [4.78, 5) is 4.27. The number of ether oxygens (including phenoxy) is 1. The second-order valence-electron chi connectivity index (χ2n) is 5.61. The summed E-state index contributed by atoms with van der Waals surface area (Å²) >= 11 is 1.85. The van der Waals surface area contributed by atoms with Gasteiger partial charge in [0.05, 0.1) is 6.61 Å². The van der Waals surface area contributed by atoms with Gasteiger partial charge in [-0.2, -0.15) is 11.8 Å². The van der Waals surface area contributed by atoms with Gasteiger partial charge >= 0.3 is 0 Å². The number of guanidine groups is 1. The van der Waals surface area contributed by atoms with Crippen molar-refractivity contribution >= 4 is 41.7 Å². The Morgan fingerprint density at radius 2 is 1.96 bits per heavy atom. The minimum Gasteiger partial charge on any atom is -0.494 e. The molecule has 0 aromatic heterocycles. The molecule has 0 fully saturated rings. The summed E-state index contributed by atoms with van der Waals surface area (Å²) in [6.45, 7) is 8.84. The molecule has 0 aliphatic heterocycles. The minimum absolute atomic E-state index is 0. The van der Waals surface area contributed by atoms with Gasteiger partial charge < -0.3 is 15.4 Å². The topological polar surface area (TPSA) is 45.6 Å². The van der Waals surface area contributed by atoms with Gasteiger partial charge in [-0.3, -0.25) is 4.99 Å². The molecule has 1 rings (SSSR count). The van der Waals surface area contributed by atoms with Gasteiger partial charge in [0.25, 0.3) is 0 Å². The van der Waals surface area contributed by atoms with Crippen LogP contribution in [0.4, 0.5) is 0 Å². The molecule has 0 saturated carbocycles. The first kappa shape index (κ1) is 22.4. The third kappa shape index (κ3) is 8.69. The summed E-state index contributed by atoms with van der Waals surface area (Å²) in [7, 11) is 1.80. The van der Waals surface area contributed by atoms with Crippen molar-refractivity contribution in [1.82, 2.24) is 10.6 Å². The zero-order valence-corrected chi connectivity index (χ0v) is 18.0. The van der Waals surface area contributed by atoms with E-state index in [0.717, 1.165) is 31.2 Å². The molecular formula is C17H30IN3OS. The highest BCUT2D eigenvalue weighted by Gasteiger charge is 2.16. The van der Waals surface area contributed by atoms with Crippen LogP contribution in [0.1, 0.15) is 26.3 Å². The number of nitrogens with one attached hydrogen (secondary N) is 2. The first-order valence-corrected chi connectivity index (χ1v) is 8.95. The van der Waals surface area contributed by atoms with E-state index in [1.165, 1.54) is 5.56 Å². The summed E-state index contributed by atoms with van der Waals surface area (Å²) in [5, 5.41) is 6.73. The summed E-state index contributed by atoms with van der Waals surface area (Å²) < 4.78 is 5.84. The van der Waals surface area contributed by atoms with Crippen LogP contribution in [-0.4, -0.2) is 43.7 Å². The van der Waals surface area contributed by atoms with Crippen molar-refractivity contribution in [3.05, 3.63) is 29.8 Å². The molecule has 0 spiro atoms. The van der Waals surface area contributed by atoms with E-state index in [2.05, 4.69) is 41.8 Å². The maximum Gasteiger partial charge on any atom is 0.191 e. The van der Waals surface area contributed by atoms with Crippen LogP contribution in [0.25, 0.3) is 0 Å².